The normalized spacial score (nSPS) is 11.2. The van der Waals surface area contributed by atoms with Crippen molar-refractivity contribution in [3.05, 3.63) is 24.5 Å². The van der Waals surface area contributed by atoms with Crippen LogP contribution >= 0.6 is 22.6 Å². The van der Waals surface area contributed by atoms with E-state index < -0.39 is 10.1 Å². The predicted octanol–water partition coefficient (Wildman–Crippen LogP) is 0.283. The van der Waals surface area contributed by atoms with Gasteiger partial charge in [-0.15, -0.1) is 0 Å². The number of hydrogen-bond donors (Lipinski definition) is 1. The number of nitrogens with one attached hydrogen (secondary N) is 1. The summed E-state index contributed by atoms with van der Waals surface area (Å²) >= 11 is 1.96. The Bertz CT molecular complexity index is 518. The number of aromatic nitrogens is 1. The highest BCUT2D eigenvalue weighted by Gasteiger charge is 2.06. The van der Waals surface area contributed by atoms with E-state index in [0.717, 1.165) is 0 Å². The molecule has 0 saturated carbocycles. The smallest absolute Gasteiger partial charge is 0.234 e. The zero-order valence-corrected chi connectivity index (χ0v) is 12.5. The molecular formula is C10H13IN2O4S. The molecule has 0 fully saturated rings. The number of hydrogen-bond acceptors (Lipinski definition) is 4. The van der Waals surface area contributed by atoms with Gasteiger partial charge in [0.25, 0.3) is 0 Å². The Labute approximate surface area is 119 Å². The van der Waals surface area contributed by atoms with Gasteiger partial charge >= 0.3 is 0 Å². The number of alkyl halides is 1. The molecule has 0 aliphatic carbocycles. The SMILES string of the molecule is O=C(CI)Nc1ccc[n+](CCCS(=O)(=O)[O-])c1. The van der Waals surface area contributed by atoms with Gasteiger partial charge in [-0.1, -0.05) is 22.6 Å². The van der Waals surface area contributed by atoms with E-state index in [9.17, 15) is 17.8 Å². The van der Waals surface area contributed by atoms with Crippen molar-refractivity contribution in [1.29, 1.82) is 0 Å². The maximum atomic E-state index is 11.2. The van der Waals surface area contributed by atoms with Crippen molar-refractivity contribution in [2.24, 2.45) is 0 Å². The van der Waals surface area contributed by atoms with Crippen LogP contribution in [0.25, 0.3) is 0 Å². The number of carbonyl (C=O) groups excluding carboxylic acids is 1. The van der Waals surface area contributed by atoms with Gasteiger partial charge in [0.1, 0.15) is 12.2 Å². The van der Waals surface area contributed by atoms with Crippen molar-refractivity contribution >= 4 is 44.3 Å². The second-order valence-corrected chi connectivity index (χ2v) is 5.91. The molecule has 1 N–H and O–H groups in total. The van der Waals surface area contributed by atoms with E-state index in [0.29, 0.717) is 16.7 Å². The average Bonchev–Trinajstić information content (AvgIpc) is 2.27. The zero-order chi connectivity index (χ0) is 13.6. The molecule has 0 aromatic carbocycles. The first-order chi connectivity index (χ1) is 8.40. The summed E-state index contributed by atoms with van der Waals surface area (Å²) in [4.78, 5) is 11.2. The molecule has 1 aromatic rings. The zero-order valence-electron chi connectivity index (χ0n) is 9.50. The molecule has 0 radical (unpaired) electrons. The summed E-state index contributed by atoms with van der Waals surface area (Å²) in [6.07, 6.45) is 3.69. The molecule has 0 spiro atoms. The van der Waals surface area contributed by atoms with E-state index in [1.54, 1.807) is 29.1 Å². The van der Waals surface area contributed by atoms with E-state index in [1.807, 2.05) is 22.6 Å². The van der Waals surface area contributed by atoms with Crippen LogP contribution in [0.4, 0.5) is 5.69 Å². The fourth-order valence-corrected chi connectivity index (χ4v) is 2.03. The number of pyridine rings is 1. The van der Waals surface area contributed by atoms with E-state index in [1.165, 1.54) is 0 Å². The Morgan fingerprint density at radius 3 is 2.83 bits per heavy atom. The number of amides is 1. The Morgan fingerprint density at radius 1 is 1.50 bits per heavy atom. The minimum atomic E-state index is -4.16. The molecule has 0 aliphatic heterocycles. The van der Waals surface area contributed by atoms with Gasteiger partial charge in [-0.25, -0.2) is 13.0 Å². The molecule has 1 aromatic heterocycles. The van der Waals surface area contributed by atoms with Gasteiger partial charge in [0.2, 0.25) is 5.91 Å². The lowest BCUT2D eigenvalue weighted by Crippen LogP contribution is -2.34. The molecule has 18 heavy (non-hydrogen) atoms. The lowest BCUT2D eigenvalue weighted by atomic mass is 10.4. The highest BCUT2D eigenvalue weighted by molar-refractivity contribution is 14.1. The molecule has 0 aliphatic rings. The average molecular weight is 384 g/mol. The van der Waals surface area contributed by atoms with Gasteiger partial charge in [-0.2, -0.15) is 0 Å². The summed E-state index contributed by atoms with van der Waals surface area (Å²) < 4.78 is 33.4. The molecule has 0 unspecified atom stereocenters. The quantitative estimate of drug-likeness (QED) is 0.330. The standard InChI is InChI=1S/C10H13IN2O4S/c11-7-10(14)12-9-3-1-4-13(8-9)5-2-6-18(15,16)17/h1,3-4,8H,2,5-7H2,(H-,12,14,15,16,17). The number of anilines is 1. The van der Waals surface area contributed by atoms with E-state index in [2.05, 4.69) is 5.32 Å². The molecule has 0 saturated heterocycles. The molecular weight excluding hydrogens is 371 g/mol. The number of nitrogens with zero attached hydrogens (tertiary/aromatic N) is 1. The lowest BCUT2D eigenvalue weighted by Gasteiger charge is -2.05. The first kappa shape index (κ1) is 15.3. The number of carbonyl (C=O) groups is 1. The van der Waals surface area contributed by atoms with Gasteiger partial charge in [0.05, 0.1) is 14.5 Å². The van der Waals surface area contributed by atoms with Gasteiger partial charge in [0.15, 0.2) is 12.4 Å². The van der Waals surface area contributed by atoms with Crippen LogP contribution < -0.4 is 9.88 Å². The van der Waals surface area contributed by atoms with Crippen LogP contribution in [0.2, 0.25) is 0 Å². The molecule has 100 valence electrons. The van der Waals surface area contributed by atoms with Gasteiger partial charge < -0.3 is 9.87 Å². The van der Waals surface area contributed by atoms with Gasteiger partial charge in [-0.3, -0.25) is 4.79 Å². The van der Waals surface area contributed by atoms with Crippen molar-refractivity contribution in [1.82, 2.24) is 0 Å². The van der Waals surface area contributed by atoms with E-state index in [-0.39, 0.29) is 18.1 Å². The second kappa shape index (κ2) is 7.00. The van der Waals surface area contributed by atoms with E-state index in [4.69, 9.17) is 0 Å². The predicted molar refractivity (Wildman–Crippen MR) is 73.3 cm³/mol. The summed E-state index contributed by atoms with van der Waals surface area (Å²) in [6, 6.07) is 3.49. The van der Waals surface area contributed by atoms with E-state index >= 15 is 0 Å². The Morgan fingerprint density at radius 2 is 2.22 bits per heavy atom. The third kappa shape index (κ3) is 6.26. The monoisotopic (exact) mass is 384 g/mol. The fraction of sp³-hybridized carbons (Fsp3) is 0.400. The summed E-state index contributed by atoms with van der Waals surface area (Å²) in [5.41, 5.74) is 0.643. The summed E-state index contributed by atoms with van der Waals surface area (Å²) in [5, 5.41) is 2.69. The minimum Gasteiger partial charge on any atom is -0.748 e. The van der Waals surface area contributed by atoms with Crippen molar-refractivity contribution in [3.8, 4) is 0 Å². The lowest BCUT2D eigenvalue weighted by molar-refractivity contribution is -0.696. The first-order valence-electron chi connectivity index (χ1n) is 5.19. The largest absolute Gasteiger partial charge is 0.748 e. The fourth-order valence-electron chi connectivity index (χ4n) is 1.35. The topological polar surface area (TPSA) is 90.2 Å². The molecule has 1 rings (SSSR count). The number of halogens is 1. The minimum absolute atomic E-state index is 0.101. The van der Waals surface area contributed by atoms with Gasteiger partial charge in [0, 0.05) is 18.2 Å². The molecule has 1 amide bonds. The second-order valence-electron chi connectivity index (χ2n) is 3.63. The summed E-state index contributed by atoms with van der Waals surface area (Å²) in [7, 11) is -4.16. The third-order valence-electron chi connectivity index (χ3n) is 2.07. The van der Waals surface area contributed by atoms with Gasteiger partial charge in [-0.05, 0) is 6.07 Å². The number of rotatable bonds is 6. The van der Waals surface area contributed by atoms with Crippen LogP contribution in [0.5, 0.6) is 0 Å². The number of aryl methyl sites for hydroxylation is 1. The van der Waals surface area contributed by atoms with Crippen molar-refractivity contribution < 1.29 is 22.3 Å². The Hall–Kier alpha value is -0.740. The van der Waals surface area contributed by atoms with Crippen LogP contribution in [-0.2, 0) is 21.5 Å². The molecule has 0 bridgehead atoms. The molecule has 8 heteroatoms. The van der Waals surface area contributed by atoms with Crippen LogP contribution in [0.3, 0.4) is 0 Å². The molecule has 6 nitrogen and oxygen atoms in total. The highest BCUT2D eigenvalue weighted by atomic mass is 127. The summed E-state index contributed by atoms with van der Waals surface area (Å²) in [6.45, 7) is 0.412. The highest BCUT2D eigenvalue weighted by Crippen LogP contribution is 2.02. The summed E-state index contributed by atoms with van der Waals surface area (Å²) in [5.74, 6) is -0.486. The Kier molecular flexibility index (Phi) is 5.96. The maximum absolute atomic E-state index is 11.2. The molecule has 1 heterocycles. The van der Waals surface area contributed by atoms with Crippen LogP contribution in [0, 0.1) is 0 Å². The van der Waals surface area contributed by atoms with Crippen molar-refractivity contribution in [2.45, 2.75) is 13.0 Å². The Balaban J connectivity index is 2.57. The van der Waals surface area contributed by atoms with Crippen molar-refractivity contribution in [3.63, 3.8) is 0 Å². The first-order valence-corrected chi connectivity index (χ1v) is 8.29. The third-order valence-corrected chi connectivity index (χ3v) is 3.56. The van der Waals surface area contributed by atoms with Crippen LogP contribution in [0.1, 0.15) is 6.42 Å². The van der Waals surface area contributed by atoms with Crippen LogP contribution in [0.15, 0.2) is 24.5 Å². The van der Waals surface area contributed by atoms with Crippen molar-refractivity contribution in [2.75, 3.05) is 15.5 Å². The van der Waals surface area contributed by atoms with Crippen LogP contribution in [-0.4, -0.2) is 29.1 Å². The maximum Gasteiger partial charge on any atom is 0.234 e. The molecule has 0 atom stereocenters.